The maximum absolute atomic E-state index is 12.7. The van der Waals surface area contributed by atoms with E-state index < -0.39 is 23.7 Å². The van der Waals surface area contributed by atoms with Gasteiger partial charge in [-0.1, -0.05) is 25.9 Å². The molecule has 3 rings (SSSR count). The maximum Gasteiger partial charge on any atom is 0.416 e. The van der Waals surface area contributed by atoms with Gasteiger partial charge in [-0.3, -0.25) is 14.5 Å². The summed E-state index contributed by atoms with van der Waals surface area (Å²) >= 11 is 0. The SMILES string of the molecule is CC(C)(C)c1cc(NC(=O)[C@@H]2CCC(=O)N2c2ccc(C(F)(F)F)cc2)no1. The Bertz CT molecular complexity index is 882. The van der Waals surface area contributed by atoms with Crippen molar-refractivity contribution < 1.29 is 27.3 Å². The number of benzene rings is 1. The Morgan fingerprint density at radius 3 is 2.39 bits per heavy atom. The number of nitrogens with one attached hydrogen (secondary N) is 1. The Labute approximate surface area is 159 Å². The minimum absolute atomic E-state index is 0.130. The van der Waals surface area contributed by atoms with Crippen LogP contribution >= 0.6 is 0 Å². The summed E-state index contributed by atoms with van der Waals surface area (Å²) in [5.74, 6) is 0.0153. The van der Waals surface area contributed by atoms with Gasteiger partial charge >= 0.3 is 6.18 Å². The van der Waals surface area contributed by atoms with Crippen molar-refractivity contribution >= 4 is 23.3 Å². The molecule has 28 heavy (non-hydrogen) atoms. The van der Waals surface area contributed by atoms with Crippen LogP contribution in [0.15, 0.2) is 34.9 Å². The Morgan fingerprint density at radius 1 is 1.21 bits per heavy atom. The largest absolute Gasteiger partial charge is 0.416 e. The lowest BCUT2D eigenvalue weighted by molar-refractivity contribution is -0.137. The van der Waals surface area contributed by atoms with Gasteiger partial charge in [-0.25, -0.2) is 0 Å². The van der Waals surface area contributed by atoms with Crippen LogP contribution in [0.1, 0.15) is 44.9 Å². The molecule has 0 bridgehead atoms. The van der Waals surface area contributed by atoms with E-state index in [9.17, 15) is 22.8 Å². The molecular formula is C19H20F3N3O3. The highest BCUT2D eigenvalue weighted by Gasteiger charge is 2.38. The molecule has 9 heteroatoms. The van der Waals surface area contributed by atoms with E-state index in [0.29, 0.717) is 5.76 Å². The molecule has 150 valence electrons. The van der Waals surface area contributed by atoms with E-state index in [2.05, 4.69) is 10.5 Å². The quantitative estimate of drug-likeness (QED) is 0.848. The normalized spacial score (nSPS) is 17.9. The molecule has 1 saturated heterocycles. The van der Waals surface area contributed by atoms with E-state index in [-0.39, 0.29) is 35.7 Å². The second kappa shape index (κ2) is 6.96. The van der Waals surface area contributed by atoms with E-state index >= 15 is 0 Å². The molecule has 1 aromatic heterocycles. The van der Waals surface area contributed by atoms with Gasteiger partial charge in [0.15, 0.2) is 5.82 Å². The second-order valence-corrected chi connectivity index (χ2v) is 7.68. The van der Waals surface area contributed by atoms with Crippen LogP contribution in [0.4, 0.5) is 24.7 Å². The van der Waals surface area contributed by atoms with Gasteiger partial charge in [-0.15, -0.1) is 0 Å². The number of aromatic nitrogens is 1. The molecule has 0 saturated carbocycles. The number of anilines is 2. The van der Waals surface area contributed by atoms with Crippen LogP contribution in [0.2, 0.25) is 0 Å². The highest BCUT2D eigenvalue weighted by molar-refractivity contribution is 6.07. The lowest BCUT2D eigenvalue weighted by atomic mass is 9.93. The van der Waals surface area contributed by atoms with Crippen molar-refractivity contribution in [3.63, 3.8) is 0 Å². The van der Waals surface area contributed by atoms with E-state index in [1.807, 2.05) is 20.8 Å². The first-order valence-electron chi connectivity index (χ1n) is 8.74. The van der Waals surface area contributed by atoms with Gasteiger partial charge in [0.2, 0.25) is 11.8 Å². The summed E-state index contributed by atoms with van der Waals surface area (Å²) in [5, 5.41) is 6.43. The number of hydrogen-bond acceptors (Lipinski definition) is 4. The third kappa shape index (κ3) is 4.02. The molecule has 2 amide bonds. The summed E-state index contributed by atoms with van der Waals surface area (Å²) in [5.41, 5.74) is -0.863. The van der Waals surface area contributed by atoms with Crippen molar-refractivity contribution in [2.75, 3.05) is 10.2 Å². The third-order valence-electron chi connectivity index (χ3n) is 4.49. The fourth-order valence-electron chi connectivity index (χ4n) is 2.96. The molecule has 1 aromatic carbocycles. The number of carbonyl (C=O) groups excluding carboxylic acids is 2. The zero-order chi connectivity index (χ0) is 20.7. The molecule has 1 aliphatic rings. The average Bonchev–Trinajstić information content (AvgIpc) is 3.20. The fraction of sp³-hybridized carbons (Fsp3) is 0.421. The van der Waals surface area contributed by atoms with Crippen LogP contribution in [0.25, 0.3) is 0 Å². The minimum atomic E-state index is -4.47. The van der Waals surface area contributed by atoms with Crippen LogP contribution in [0.3, 0.4) is 0 Å². The predicted octanol–water partition coefficient (Wildman–Crippen LogP) is 4.13. The maximum atomic E-state index is 12.7. The van der Waals surface area contributed by atoms with Gasteiger partial charge < -0.3 is 9.84 Å². The molecule has 0 aliphatic carbocycles. The molecular weight excluding hydrogens is 375 g/mol. The van der Waals surface area contributed by atoms with E-state index in [1.54, 1.807) is 6.07 Å². The van der Waals surface area contributed by atoms with Gasteiger partial charge in [-0.2, -0.15) is 13.2 Å². The van der Waals surface area contributed by atoms with Crippen LogP contribution in [0.5, 0.6) is 0 Å². The lowest BCUT2D eigenvalue weighted by Gasteiger charge is -2.24. The Hall–Kier alpha value is -2.84. The number of nitrogens with zero attached hydrogens (tertiary/aromatic N) is 2. The zero-order valence-corrected chi connectivity index (χ0v) is 15.6. The third-order valence-corrected chi connectivity index (χ3v) is 4.49. The highest BCUT2D eigenvalue weighted by atomic mass is 19.4. The molecule has 0 unspecified atom stereocenters. The predicted molar refractivity (Wildman–Crippen MR) is 95.8 cm³/mol. The van der Waals surface area contributed by atoms with Crippen LogP contribution < -0.4 is 10.2 Å². The zero-order valence-electron chi connectivity index (χ0n) is 15.6. The number of amides is 2. The molecule has 6 nitrogen and oxygen atoms in total. The number of alkyl halides is 3. The summed E-state index contributed by atoms with van der Waals surface area (Å²) in [6, 6.07) is 4.95. The fourth-order valence-corrected chi connectivity index (χ4v) is 2.96. The number of rotatable bonds is 3. The Balaban J connectivity index is 1.78. The number of halogens is 3. The van der Waals surface area contributed by atoms with E-state index in [0.717, 1.165) is 12.1 Å². The summed E-state index contributed by atoms with van der Waals surface area (Å²) < 4.78 is 43.5. The smallest absolute Gasteiger partial charge is 0.359 e. The van der Waals surface area contributed by atoms with Gasteiger partial charge in [-0.05, 0) is 30.7 Å². The van der Waals surface area contributed by atoms with Crippen molar-refractivity contribution in [2.24, 2.45) is 0 Å². The van der Waals surface area contributed by atoms with Crippen molar-refractivity contribution in [3.05, 3.63) is 41.7 Å². The first kappa shape index (κ1) is 19.9. The number of hydrogen-bond donors (Lipinski definition) is 1. The van der Waals surface area contributed by atoms with Crippen LogP contribution in [-0.2, 0) is 21.2 Å². The summed E-state index contributed by atoms with van der Waals surface area (Å²) in [6.07, 6.45) is -4.08. The van der Waals surface area contributed by atoms with Crippen molar-refractivity contribution in [2.45, 2.75) is 51.2 Å². The molecule has 2 aromatic rings. The Morgan fingerprint density at radius 2 is 1.86 bits per heavy atom. The summed E-state index contributed by atoms with van der Waals surface area (Å²) in [6.45, 7) is 5.79. The first-order chi connectivity index (χ1) is 13.0. The van der Waals surface area contributed by atoms with Crippen LogP contribution in [0, 0.1) is 0 Å². The molecule has 0 spiro atoms. The van der Waals surface area contributed by atoms with E-state index in [1.165, 1.54) is 17.0 Å². The molecule has 0 radical (unpaired) electrons. The van der Waals surface area contributed by atoms with Gasteiger partial charge in [0, 0.05) is 23.6 Å². The summed E-state index contributed by atoms with van der Waals surface area (Å²) in [7, 11) is 0. The second-order valence-electron chi connectivity index (χ2n) is 7.68. The Kier molecular flexibility index (Phi) is 4.95. The van der Waals surface area contributed by atoms with Crippen molar-refractivity contribution in [3.8, 4) is 0 Å². The minimum Gasteiger partial charge on any atom is -0.359 e. The number of carbonyl (C=O) groups is 2. The van der Waals surface area contributed by atoms with E-state index in [4.69, 9.17) is 4.52 Å². The standard InChI is InChI=1S/C19H20F3N3O3/c1-18(2,3)14-10-15(24-28-14)23-17(27)13-8-9-16(26)25(13)12-6-4-11(5-7-12)19(20,21)22/h4-7,10,13H,8-9H2,1-3H3,(H,23,24,27)/t13-/m0/s1. The first-order valence-corrected chi connectivity index (χ1v) is 8.74. The molecule has 2 heterocycles. The van der Waals surface area contributed by atoms with Gasteiger partial charge in [0.25, 0.3) is 0 Å². The highest BCUT2D eigenvalue weighted by Crippen LogP contribution is 2.33. The van der Waals surface area contributed by atoms with Crippen LogP contribution in [-0.4, -0.2) is 23.0 Å². The molecule has 1 aliphatic heterocycles. The van der Waals surface area contributed by atoms with Crippen molar-refractivity contribution in [1.29, 1.82) is 0 Å². The monoisotopic (exact) mass is 395 g/mol. The van der Waals surface area contributed by atoms with Crippen molar-refractivity contribution in [1.82, 2.24) is 5.16 Å². The molecule has 1 N–H and O–H groups in total. The molecule has 1 atom stereocenters. The average molecular weight is 395 g/mol. The lowest BCUT2D eigenvalue weighted by Crippen LogP contribution is -2.41. The van der Waals surface area contributed by atoms with Gasteiger partial charge in [0.1, 0.15) is 11.8 Å². The topological polar surface area (TPSA) is 75.4 Å². The van der Waals surface area contributed by atoms with Gasteiger partial charge in [0.05, 0.1) is 5.56 Å². The summed E-state index contributed by atoms with van der Waals surface area (Å²) in [4.78, 5) is 26.1. The molecule has 1 fully saturated rings.